The van der Waals surface area contributed by atoms with Crippen LogP contribution in [0.15, 0.2) is 34.8 Å². The number of carbonyl (C=O) groups excluding carboxylic acids is 1. The first kappa shape index (κ1) is 18.9. The summed E-state index contributed by atoms with van der Waals surface area (Å²) in [5.41, 5.74) is 2.50. The molecule has 6 nitrogen and oxygen atoms in total. The molecule has 0 fully saturated rings. The Labute approximate surface area is 155 Å². The maximum absolute atomic E-state index is 12.2. The van der Waals surface area contributed by atoms with Crippen molar-refractivity contribution in [3.63, 3.8) is 0 Å². The van der Waals surface area contributed by atoms with Crippen molar-refractivity contribution < 1.29 is 19.0 Å². The van der Waals surface area contributed by atoms with Gasteiger partial charge in [0.2, 0.25) is 5.75 Å². The monoisotopic (exact) mass is 408 g/mol. The number of urea groups is 1. The van der Waals surface area contributed by atoms with Crippen LogP contribution < -0.4 is 24.8 Å². The summed E-state index contributed by atoms with van der Waals surface area (Å²) in [7, 11) is 4.65. The zero-order valence-electron chi connectivity index (χ0n) is 14.6. The number of anilines is 1. The first-order chi connectivity index (χ1) is 12.0. The van der Waals surface area contributed by atoms with E-state index in [9.17, 15) is 4.79 Å². The third kappa shape index (κ3) is 4.57. The number of carbonyl (C=O) groups is 1. The number of halogens is 1. The predicted octanol–water partition coefficient (Wildman–Crippen LogP) is 4.11. The molecule has 0 saturated carbocycles. The van der Waals surface area contributed by atoms with Gasteiger partial charge in [0.25, 0.3) is 0 Å². The van der Waals surface area contributed by atoms with Gasteiger partial charge in [0.15, 0.2) is 11.5 Å². The Hall–Kier alpha value is -2.41. The summed E-state index contributed by atoms with van der Waals surface area (Å²) < 4.78 is 17.0. The summed E-state index contributed by atoms with van der Waals surface area (Å²) in [6.07, 6.45) is 0. The van der Waals surface area contributed by atoms with Crippen molar-refractivity contribution >= 4 is 27.6 Å². The second-order valence-corrected chi connectivity index (χ2v) is 6.18. The molecule has 7 heteroatoms. The van der Waals surface area contributed by atoms with Gasteiger partial charge in [-0.1, -0.05) is 15.9 Å². The van der Waals surface area contributed by atoms with Gasteiger partial charge in [-0.15, -0.1) is 0 Å². The summed E-state index contributed by atoms with van der Waals surface area (Å²) in [5, 5.41) is 5.64. The topological polar surface area (TPSA) is 68.8 Å². The Morgan fingerprint density at radius 1 is 1.04 bits per heavy atom. The number of hydrogen-bond acceptors (Lipinski definition) is 4. The number of nitrogens with one attached hydrogen (secondary N) is 2. The van der Waals surface area contributed by atoms with Crippen molar-refractivity contribution in [2.75, 3.05) is 26.6 Å². The number of rotatable bonds is 6. The third-order valence-corrected chi connectivity index (χ3v) is 4.16. The van der Waals surface area contributed by atoms with Crippen LogP contribution in [0.5, 0.6) is 17.2 Å². The molecule has 2 aromatic rings. The minimum absolute atomic E-state index is 0.283. The molecule has 0 aliphatic carbocycles. The molecule has 25 heavy (non-hydrogen) atoms. The predicted molar refractivity (Wildman–Crippen MR) is 101 cm³/mol. The van der Waals surface area contributed by atoms with Crippen molar-refractivity contribution in [3.8, 4) is 17.2 Å². The molecule has 0 aliphatic rings. The van der Waals surface area contributed by atoms with Gasteiger partial charge >= 0.3 is 6.03 Å². The van der Waals surface area contributed by atoms with Crippen LogP contribution in [-0.2, 0) is 6.54 Å². The molecule has 0 bridgehead atoms. The zero-order valence-corrected chi connectivity index (χ0v) is 16.2. The van der Waals surface area contributed by atoms with E-state index in [0.29, 0.717) is 17.2 Å². The van der Waals surface area contributed by atoms with E-state index >= 15 is 0 Å². The Balaban J connectivity index is 2.09. The molecule has 0 aromatic heterocycles. The Kier molecular flexibility index (Phi) is 6.52. The van der Waals surface area contributed by atoms with Crippen molar-refractivity contribution in [3.05, 3.63) is 45.9 Å². The van der Waals surface area contributed by atoms with E-state index in [-0.39, 0.29) is 12.6 Å². The van der Waals surface area contributed by atoms with Gasteiger partial charge < -0.3 is 24.8 Å². The van der Waals surface area contributed by atoms with E-state index in [2.05, 4.69) is 26.6 Å². The molecule has 0 saturated heterocycles. The second-order valence-electron chi connectivity index (χ2n) is 5.26. The quantitative estimate of drug-likeness (QED) is 0.754. The number of hydrogen-bond donors (Lipinski definition) is 2. The van der Waals surface area contributed by atoms with Crippen LogP contribution >= 0.6 is 15.9 Å². The molecule has 0 aliphatic heterocycles. The molecule has 2 N–H and O–H groups in total. The lowest BCUT2D eigenvalue weighted by molar-refractivity contribution is 0.251. The van der Waals surface area contributed by atoms with Crippen LogP contribution in [0.4, 0.5) is 10.5 Å². The summed E-state index contributed by atoms with van der Waals surface area (Å²) in [6, 6.07) is 8.95. The van der Waals surface area contributed by atoms with E-state index in [1.165, 1.54) is 0 Å². The van der Waals surface area contributed by atoms with E-state index < -0.39 is 0 Å². The van der Waals surface area contributed by atoms with Crippen LogP contribution in [0.3, 0.4) is 0 Å². The van der Waals surface area contributed by atoms with Gasteiger partial charge in [-0.25, -0.2) is 4.79 Å². The van der Waals surface area contributed by atoms with Crippen molar-refractivity contribution in [2.24, 2.45) is 0 Å². The lowest BCUT2D eigenvalue weighted by atomic mass is 10.1. The zero-order chi connectivity index (χ0) is 18.4. The second kappa shape index (κ2) is 8.62. The van der Waals surface area contributed by atoms with Crippen molar-refractivity contribution in [1.29, 1.82) is 0 Å². The maximum Gasteiger partial charge on any atom is 0.319 e. The number of methoxy groups -OCH3 is 3. The highest BCUT2D eigenvalue weighted by atomic mass is 79.9. The van der Waals surface area contributed by atoms with E-state index in [1.807, 2.05) is 31.2 Å². The standard InChI is InChI=1S/C18H21BrN2O4/c1-11-9-13(19)6-7-14(11)21-18(22)20-10-12-5-8-15(23-2)17(25-4)16(12)24-3/h5-9H,10H2,1-4H3,(H2,20,21,22). The van der Waals surface area contributed by atoms with Gasteiger partial charge in [-0.2, -0.15) is 0 Å². The van der Waals surface area contributed by atoms with Crippen LogP contribution in [0.1, 0.15) is 11.1 Å². The fraction of sp³-hybridized carbons (Fsp3) is 0.278. The molecule has 2 rings (SSSR count). The van der Waals surface area contributed by atoms with E-state index in [4.69, 9.17) is 14.2 Å². The van der Waals surface area contributed by atoms with Gasteiger partial charge in [-0.05, 0) is 42.8 Å². The smallest absolute Gasteiger partial charge is 0.319 e. The average Bonchev–Trinajstić information content (AvgIpc) is 2.61. The molecule has 0 spiro atoms. The molecule has 0 radical (unpaired) electrons. The molecular formula is C18H21BrN2O4. The van der Waals surface area contributed by atoms with E-state index in [1.54, 1.807) is 27.4 Å². The van der Waals surface area contributed by atoms with Crippen LogP contribution in [0.2, 0.25) is 0 Å². The largest absolute Gasteiger partial charge is 0.493 e. The minimum Gasteiger partial charge on any atom is -0.493 e. The highest BCUT2D eigenvalue weighted by Crippen LogP contribution is 2.39. The normalized spacial score (nSPS) is 10.1. The number of amides is 2. The lowest BCUT2D eigenvalue weighted by Gasteiger charge is -2.16. The SMILES string of the molecule is COc1ccc(CNC(=O)Nc2ccc(Br)cc2C)c(OC)c1OC. The van der Waals surface area contributed by atoms with Crippen LogP contribution in [0, 0.1) is 6.92 Å². The summed E-state index contributed by atoms with van der Waals surface area (Å²) in [5.74, 6) is 1.59. The highest BCUT2D eigenvalue weighted by molar-refractivity contribution is 9.10. The first-order valence-corrected chi connectivity index (χ1v) is 8.38. The summed E-state index contributed by atoms with van der Waals surface area (Å²) in [6.45, 7) is 2.21. The van der Waals surface area contributed by atoms with Gasteiger partial charge in [0.1, 0.15) is 0 Å². The molecule has 134 valence electrons. The highest BCUT2D eigenvalue weighted by Gasteiger charge is 2.16. The first-order valence-electron chi connectivity index (χ1n) is 7.59. The number of ether oxygens (including phenoxy) is 3. The van der Waals surface area contributed by atoms with E-state index in [0.717, 1.165) is 21.3 Å². The Morgan fingerprint density at radius 3 is 2.36 bits per heavy atom. The average molecular weight is 409 g/mol. The van der Waals surface area contributed by atoms with Crippen LogP contribution in [0.25, 0.3) is 0 Å². The molecule has 0 unspecified atom stereocenters. The maximum atomic E-state index is 12.2. The minimum atomic E-state index is -0.303. The molecule has 0 atom stereocenters. The Bertz CT molecular complexity index is 765. The molecular weight excluding hydrogens is 388 g/mol. The van der Waals surface area contributed by atoms with Crippen LogP contribution in [-0.4, -0.2) is 27.4 Å². The fourth-order valence-electron chi connectivity index (χ4n) is 2.41. The van der Waals surface area contributed by atoms with Gasteiger partial charge in [0, 0.05) is 22.3 Å². The lowest BCUT2D eigenvalue weighted by Crippen LogP contribution is -2.28. The van der Waals surface area contributed by atoms with Crippen molar-refractivity contribution in [1.82, 2.24) is 5.32 Å². The fourth-order valence-corrected chi connectivity index (χ4v) is 2.89. The van der Waals surface area contributed by atoms with Gasteiger partial charge in [-0.3, -0.25) is 0 Å². The Morgan fingerprint density at radius 2 is 1.76 bits per heavy atom. The summed E-state index contributed by atoms with van der Waals surface area (Å²) in [4.78, 5) is 12.2. The molecule has 2 aromatic carbocycles. The third-order valence-electron chi connectivity index (χ3n) is 3.66. The summed E-state index contributed by atoms with van der Waals surface area (Å²) >= 11 is 3.40. The van der Waals surface area contributed by atoms with Crippen molar-refractivity contribution in [2.45, 2.75) is 13.5 Å². The molecule has 2 amide bonds. The number of benzene rings is 2. The number of aryl methyl sites for hydroxylation is 1. The van der Waals surface area contributed by atoms with Gasteiger partial charge in [0.05, 0.1) is 21.3 Å². The molecule has 0 heterocycles.